The van der Waals surface area contributed by atoms with Crippen LogP contribution in [0.2, 0.25) is 0 Å². The van der Waals surface area contributed by atoms with Crippen molar-refractivity contribution in [3.8, 4) is 0 Å². The van der Waals surface area contributed by atoms with E-state index in [4.69, 9.17) is 15.2 Å². The number of rotatable bonds is 8. The van der Waals surface area contributed by atoms with E-state index in [1.54, 1.807) is 6.08 Å². The van der Waals surface area contributed by atoms with E-state index in [-0.39, 0.29) is 12.1 Å². The van der Waals surface area contributed by atoms with Crippen molar-refractivity contribution in [2.75, 3.05) is 26.4 Å². The number of aryl methyl sites for hydroxylation is 1. The highest BCUT2D eigenvalue weighted by atomic mass is 16.5. The molecule has 0 heterocycles. The topological polar surface area (TPSA) is 64.7 Å². The van der Waals surface area contributed by atoms with E-state index >= 15 is 0 Å². The van der Waals surface area contributed by atoms with Gasteiger partial charge in [0.25, 0.3) is 0 Å². The summed E-state index contributed by atoms with van der Waals surface area (Å²) >= 11 is 0. The fourth-order valence-electron chi connectivity index (χ4n) is 4.16. The standard InChI is InChI=1S/C21H31NO3/c1-2-9-24-10-11-25-20-6-5-16-12-17(3-4-18(16)13-20)19-7-8-21(22,14-19)15-23/h2-4,12,19-20,23H,1,5-11,13-15,22H2/t19-,20?,21-/m0/s1. The molecule has 1 aromatic carbocycles. The van der Waals surface area contributed by atoms with Gasteiger partial charge in [0.15, 0.2) is 0 Å². The Balaban J connectivity index is 1.54. The molecule has 2 aliphatic rings. The highest BCUT2D eigenvalue weighted by Gasteiger charge is 2.36. The van der Waals surface area contributed by atoms with E-state index in [1.165, 1.54) is 16.7 Å². The molecule has 3 atom stereocenters. The summed E-state index contributed by atoms with van der Waals surface area (Å²) in [7, 11) is 0. The Bertz CT molecular complexity index is 589. The van der Waals surface area contributed by atoms with Crippen molar-refractivity contribution in [2.24, 2.45) is 5.73 Å². The van der Waals surface area contributed by atoms with E-state index in [1.807, 2.05) is 0 Å². The van der Waals surface area contributed by atoms with Crippen LogP contribution in [0.4, 0.5) is 0 Å². The van der Waals surface area contributed by atoms with Crippen LogP contribution in [-0.2, 0) is 22.3 Å². The smallest absolute Gasteiger partial charge is 0.0704 e. The fourth-order valence-corrected chi connectivity index (χ4v) is 4.16. The molecule has 0 aliphatic heterocycles. The summed E-state index contributed by atoms with van der Waals surface area (Å²) in [4.78, 5) is 0. The maximum absolute atomic E-state index is 9.48. The number of hydrogen-bond acceptors (Lipinski definition) is 4. The summed E-state index contributed by atoms with van der Waals surface area (Å²) in [5, 5.41) is 9.48. The maximum Gasteiger partial charge on any atom is 0.0704 e. The SMILES string of the molecule is C=CCOCCOC1CCc2cc([C@H]3CC[C@@](N)(CO)C3)ccc2C1. The third kappa shape index (κ3) is 4.70. The predicted octanol–water partition coefficient (Wildman–Crippen LogP) is 2.72. The van der Waals surface area contributed by atoms with Crippen LogP contribution < -0.4 is 5.73 Å². The number of benzene rings is 1. The summed E-state index contributed by atoms with van der Waals surface area (Å²) in [6.07, 6.45) is 8.05. The van der Waals surface area contributed by atoms with Crippen LogP contribution >= 0.6 is 0 Å². The molecule has 0 aromatic heterocycles. The van der Waals surface area contributed by atoms with Gasteiger partial charge in [-0.25, -0.2) is 0 Å². The van der Waals surface area contributed by atoms with Gasteiger partial charge < -0.3 is 20.3 Å². The molecule has 0 radical (unpaired) electrons. The second-order valence-electron chi connectivity index (χ2n) is 7.59. The van der Waals surface area contributed by atoms with Crippen molar-refractivity contribution in [1.29, 1.82) is 0 Å². The molecule has 1 saturated carbocycles. The largest absolute Gasteiger partial charge is 0.394 e. The molecular weight excluding hydrogens is 314 g/mol. The summed E-state index contributed by atoms with van der Waals surface area (Å²) in [6, 6.07) is 6.89. The van der Waals surface area contributed by atoms with Gasteiger partial charge in [-0.3, -0.25) is 0 Å². The van der Waals surface area contributed by atoms with Crippen LogP contribution in [0, 0.1) is 0 Å². The number of ether oxygens (including phenoxy) is 2. The molecule has 0 spiro atoms. The lowest BCUT2D eigenvalue weighted by Crippen LogP contribution is -2.40. The van der Waals surface area contributed by atoms with Crippen molar-refractivity contribution in [1.82, 2.24) is 0 Å². The van der Waals surface area contributed by atoms with Gasteiger partial charge in [-0.2, -0.15) is 0 Å². The molecule has 1 aromatic rings. The molecule has 138 valence electrons. The third-order valence-electron chi connectivity index (χ3n) is 5.66. The van der Waals surface area contributed by atoms with Crippen molar-refractivity contribution in [3.05, 3.63) is 47.5 Å². The second-order valence-corrected chi connectivity index (χ2v) is 7.59. The lowest BCUT2D eigenvalue weighted by atomic mass is 9.85. The van der Waals surface area contributed by atoms with Gasteiger partial charge in [0, 0.05) is 5.54 Å². The Labute approximate surface area is 151 Å². The van der Waals surface area contributed by atoms with E-state index in [0.717, 1.165) is 38.5 Å². The molecule has 1 fully saturated rings. The number of aliphatic hydroxyl groups excluding tert-OH is 1. The molecule has 4 nitrogen and oxygen atoms in total. The zero-order valence-electron chi connectivity index (χ0n) is 15.1. The van der Waals surface area contributed by atoms with E-state index in [9.17, 15) is 5.11 Å². The third-order valence-corrected chi connectivity index (χ3v) is 5.66. The van der Waals surface area contributed by atoms with Crippen LogP contribution in [0.1, 0.15) is 48.3 Å². The van der Waals surface area contributed by atoms with Crippen molar-refractivity contribution in [3.63, 3.8) is 0 Å². The molecule has 0 bridgehead atoms. The minimum Gasteiger partial charge on any atom is -0.394 e. The van der Waals surface area contributed by atoms with Gasteiger partial charge in [-0.1, -0.05) is 24.3 Å². The molecule has 4 heteroatoms. The quantitative estimate of drug-likeness (QED) is 0.562. The Morgan fingerprint density at radius 2 is 2.16 bits per heavy atom. The Hall–Kier alpha value is -1.20. The first-order valence-electron chi connectivity index (χ1n) is 9.45. The highest BCUT2D eigenvalue weighted by Crippen LogP contribution is 2.40. The monoisotopic (exact) mass is 345 g/mol. The van der Waals surface area contributed by atoms with E-state index in [2.05, 4.69) is 24.8 Å². The van der Waals surface area contributed by atoms with Gasteiger partial charge in [0.05, 0.1) is 32.5 Å². The molecule has 3 rings (SSSR count). The minimum atomic E-state index is -0.382. The average molecular weight is 345 g/mol. The summed E-state index contributed by atoms with van der Waals surface area (Å²) in [6.45, 7) is 5.58. The van der Waals surface area contributed by atoms with Crippen LogP contribution in [0.5, 0.6) is 0 Å². The number of fused-ring (bicyclic) bond motifs is 1. The first-order chi connectivity index (χ1) is 12.1. The van der Waals surface area contributed by atoms with Gasteiger partial charge in [-0.05, 0) is 61.1 Å². The van der Waals surface area contributed by atoms with Crippen molar-refractivity contribution < 1.29 is 14.6 Å². The fraction of sp³-hybridized carbons (Fsp3) is 0.619. The molecule has 25 heavy (non-hydrogen) atoms. The predicted molar refractivity (Wildman–Crippen MR) is 99.8 cm³/mol. The van der Waals surface area contributed by atoms with Crippen LogP contribution in [0.15, 0.2) is 30.9 Å². The molecule has 2 aliphatic carbocycles. The van der Waals surface area contributed by atoms with Gasteiger partial charge in [0.2, 0.25) is 0 Å². The first kappa shape index (κ1) is 18.6. The van der Waals surface area contributed by atoms with Gasteiger partial charge in [0.1, 0.15) is 0 Å². The lowest BCUT2D eigenvalue weighted by Gasteiger charge is -2.26. The molecule has 0 amide bonds. The zero-order valence-corrected chi connectivity index (χ0v) is 15.1. The number of aliphatic hydroxyl groups is 1. The Kier molecular flexibility index (Phi) is 6.29. The molecule has 0 saturated heterocycles. The van der Waals surface area contributed by atoms with Crippen LogP contribution in [0.25, 0.3) is 0 Å². The number of hydrogen-bond donors (Lipinski definition) is 2. The maximum atomic E-state index is 9.48. The highest BCUT2D eigenvalue weighted by molar-refractivity contribution is 5.36. The minimum absolute atomic E-state index is 0.0873. The van der Waals surface area contributed by atoms with Crippen LogP contribution in [-0.4, -0.2) is 43.2 Å². The Morgan fingerprint density at radius 1 is 1.28 bits per heavy atom. The average Bonchev–Trinajstić information content (AvgIpc) is 3.04. The van der Waals surface area contributed by atoms with Gasteiger partial charge in [-0.15, -0.1) is 6.58 Å². The zero-order chi connectivity index (χ0) is 17.7. The second kappa shape index (κ2) is 8.45. The summed E-state index contributed by atoms with van der Waals surface area (Å²) < 4.78 is 11.3. The first-order valence-corrected chi connectivity index (χ1v) is 9.45. The lowest BCUT2D eigenvalue weighted by molar-refractivity contribution is 0.00495. The summed E-state index contributed by atoms with van der Waals surface area (Å²) in [5.74, 6) is 0.485. The normalized spacial score (nSPS) is 28.7. The molecule has 3 N–H and O–H groups in total. The molecular formula is C21H31NO3. The van der Waals surface area contributed by atoms with E-state index < -0.39 is 0 Å². The van der Waals surface area contributed by atoms with E-state index in [0.29, 0.717) is 31.8 Å². The Morgan fingerprint density at radius 3 is 2.92 bits per heavy atom. The van der Waals surface area contributed by atoms with Crippen molar-refractivity contribution >= 4 is 0 Å². The van der Waals surface area contributed by atoms with Gasteiger partial charge >= 0.3 is 0 Å². The molecule has 1 unspecified atom stereocenters. The number of nitrogens with two attached hydrogens (primary N) is 1. The summed E-state index contributed by atoms with van der Waals surface area (Å²) in [5.41, 5.74) is 10.1. The van der Waals surface area contributed by atoms with Crippen molar-refractivity contribution in [2.45, 2.75) is 56.1 Å². The van der Waals surface area contributed by atoms with Crippen LogP contribution in [0.3, 0.4) is 0 Å².